The van der Waals surface area contributed by atoms with Gasteiger partial charge in [0, 0.05) is 31.7 Å². The van der Waals surface area contributed by atoms with Crippen LogP contribution in [0.2, 0.25) is 0 Å². The van der Waals surface area contributed by atoms with Gasteiger partial charge in [-0.3, -0.25) is 9.69 Å². The number of ether oxygens (including phenoxy) is 1. The standard InChI is InChI=1S/C19H30N6O2/c20-17(26)19(25-7-2-1-3-8-25)5-9-24(10-6-19)16-12-15(22-18(21)23-16)14-4-11-27-13-14/h12,14H,1-11,13H2,(H2,20,26)(H2,21,22,23)/t14-/m0/s1. The van der Waals surface area contributed by atoms with Gasteiger partial charge in [-0.15, -0.1) is 0 Å². The van der Waals surface area contributed by atoms with Crippen molar-refractivity contribution in [3.8, 4) is 0 Å². The molecular formula is C19H30N6O2. The molecule has 0 aromatic carbocycles. The molecule has 4 N–H and O–H groups in total. The van der Waals surface area contributed by atoms with E-state index in [2.05, 4.69) is 19.8 Å². The van der Waals surface area contributed by atoms with Gasteiger partial charge in [0.25, 0.3) is 0 Å². The molecule has 1 aromatic heterocycles. The van der Waals surface area contributed by atoms with E-state index in [-0.39, 0.29) is 11.8 Å². The van der Waals surface area contributed by atoms with Gasteiger partial charge in [0.2, 0.25) is 11.9 Å². The molecule has 0 saturated carbocycles. The maximum Gasteiger partial charge on any atom is 0.238 e. The number of nitrogen functional groups attached to an aromatic ring is 1. The summed E-state index contributed by atoms with van der Waals surface area (Å²) in [6, 6.07) is 2.04. The molecule has 0 aliphatic carbocycles. The molecule has 4 heterocycles. The molecule has 0 spiro atoms. The lowest BCUT2D eigenvalue weighted by Crippen LogP contribution is -2.63. The quantitative estimate of drug-likeness (QED) is 0.804. The first-order valence-corrected chi connectivity index (χ1v) is 10.1. The minimum absolute atomic E-state index is 0.185. The third-order valence-corrected chi connectivity index (χ3v) is 6.43. The van der Waals surface area contributed by atoms with Crippen LogP contribution in [0.15, 0.2) is 6.07 Å². The Morgan fingerprint density at radius 1 is 1.15 bits per heavy atom. The van der Waals surface area contributed by atoms with Crippen molar-refractivity contribution in [3.05, 3.63) is 11.8 Å². The molecule has 1 amide bonds. The Balaban J connectivity index is 1.50. The number of nitrogens with zero attached hydrogens (tertiary/aromatic N) is 4. The van der Waals surface area contributed by atoms with Crippen molar-refractivity contribution in [2.24, 2.45) is 5.73 Å². The maximum absolute atomic E-state index is 12.4. The largest absolute Gasteiger partial charge is 0.381 e. The topological polar surface area (TPSA) is 111 Å². The number of rotatable bonds is 4. The SMILES string of the molecule is NC(=O)C1(N2CCCCC2)CCN(c2cc([C@H]3CCOC3)nc(N)n2)CC1. The zero-order valence-corrected chi connectivity index (χ0v) is 15.9. The van der Waals surface area contributed by atoms with E-state index in [4.69, 9.17) is 16.2 Å². The molecule has 27 heavy (non-hydrogen) atoms. The van der Waals surface area contributed by atoms with Gasteiger partial charge in [0.1, 0.15) is 11.4 Å². The number of nitrogens with two attached hydrogens (primary N) is 2. The van der Waals surface area contributed by atoms with Gasteiger partial charge < -0.3 is 21.1 Å². The molecule has 3 fully saturated rings. The Morgan fingerprint density at radius 3 is 2.52 bits per heavy atom. The Hall–Kier alpha value is -1.93. The molecule has 8 heteroatoms. The monoisotopic (exact) mass is 374 g/mol. The molecule has 1 aromatic rings. The molecule has 4 rings (SSSR count). The number of anilines is 2. The van der Waals surface area contributed by atoms with E-state index in [0.717, 1.165) is 76.4 Å². The predicted octanol–water partition coefficient (Wildman–Crippen LogP) is 0.873. The fraction of sp³-hybridized carbons (Fsp3) is 0.737. The van der Waals surface area contributed by atoms with Crippen LogP contribution in [-0.4, -0.2) is 65.7 Å². The molecule has 3 aliphatic rings. The number of hydrogen-bond donors (Lipinski definition) is 2. The maximum atomic E-state index is 12.4. The van der Waals surface area contributed by atoms with Crippen LogP contribution in [0.5, 0.6) is 0 Å². The zero-order chi connectivity index (χ0) is 18.9. The van der Waals surface area contributed by atoms with Crippen molar-refractivity contribution < 1.29 is 9.53 Å². The average molecular weight is 374 g/mol. The van der Waals surface area contributed by atoms with Crippen molar-refractivity contribution in [2.45, 2.75) is 50.0 Å². The van der Waals surface area contributed by atoms with Crippen LogP contribution >= 0.6 is 0 Å². The van der Waals surface area contributed by atoms with Crippen LogP contribution in [0, 0.1) is 0 Å². The van der Waals surface area contributed by atoms with Crippen molar-refractivity contribution >= 4 is 17.7 Å². The highest BCUT2D eigenvalue weighted by Crippen LogP contribution is 2.34. The summed E-state index contributed by atoms with van der Waals surface area (Å²) in [5.74, 6) is 1.25. The number of piperidine rings is 2. The third kappa shape index (κ3) is 3.60. The second-order valence-electron chi connectivity index (χ2n) is 8.00. The number of likely N-dealkylation sites (tertiary alicyclic amines) is 1. The minimum atomic E-state index is -0.516. The smallest absolute Gasteiger partial charge is 0.238 e. The van der Waals surface area contributed by atoms with Crippen LogP contribution in [0.3, 0.4) is 0 Å². The molecule has 3 saturated heterocycles. The Bertz CT molecular complexity index is 677. The number of hydrogen-bond acceptors (Lipinski definition) is 7. The Kier molecular flexibility index (Phi) is 5.19. The van der Waals surface area contributed by atoms with E-state index in [0.29, 0.717) is 12.6 Å². The van der Waals surface area contributed by atoms with Gasteiger partial charge in [0.05, 0.1) is 12.3 Å². The van der Waals surface area contributed by atoms with Gasteiger partial charge in [-0.05, 0) is 45.2 Å². The van der Waals surface area contributed by atoms with Gasteiger partial charge in [-0.25, -0.2) is 4.98 Å². The van der Waals surface area contributed by atoms with Gasteiger partial charge in [-0.2, -0.15) is 4.98 Å². The number of primary amides is 1. The highest BCUT2D eigenvalue weighted by atomic mass is 16.5. The van der Waals surface area contributed by atoms with E-state index < -0.39 is 5.54 Å². The third-order valence-electron chi connectivity index (χ3n) is 6.43. The van der Waals surface area contributed by atoms with E-state index >= 15 is 0 Å². The molecular weight excluding hydrogens is 344 g/mol. The van der Waals surface area contributed by atoms with E-state index in [1.807, 2.05) is 6.07 Å². The first kappa shape index (κ1) is 18.4. The molecule has 0 radical (unpaired) electrons. The summed E-state index contributed by atoms with van der Waals surface area (Å²) < 4.78 is 5.49. The lowest BCUT2D eigenvalue weighted by molar-refractivity contribution is -0.132. The van der Waals surface area contributed by atoms with Crippen LogP contribution in [-0.2, 0) is 9.53 Å². The fourth-order valence-electron chi connectivity index (χ4n) is 4.76. The molecule has 148 valence electrons. The minimum Gasteiger partial charge on any atom is -0.381 e. The summed E-state index contributed by atoms with van der Waals surface area (Å²) in [6.07, 6.45) is 5.96. The summed E-state index contributed by atoms with van der Waals surface area (Å²) in [6.45, 7) is 4.89. The fourth-order valence-corrected chi connectivity index (χ4v) is 4.76. The second-order valence-corrected chi connectivity index (χ2v) is 8.00. The highest BCUT2D eigenvalue weighted by molar-refractivity contribution is 5.85. The number of aromatic nitrogens is 2. The highest BCUT2D eigenvalue weighted by Gasteiger charge is 2.45. The van der Waals surface area contributed by atoms with Crippen LogP contribution in [0.4, 0.5) is 11.8 Å². The molecule has 0 unspecified atom stereocenters. The average Bonchev–Trinajstić information content (AvgIpc) is 3.23. The molecule has 0 bridgehead atoms. The normalized spacial score (nSPS) is 26.2. The number of amides is 1. The van der Waals surface area contributed by atoms with Gasteiger partial charge in [-0.1, -0.05) is 6.42 Å². The summed E-state index contributed by atoms with van der Waals surface area (Å²) in [5, 5.41) is 0. The van der Waals surface area contributed by atoms with Gasteiger partial charge in [0.15, 0.2) is 0 Å². The lowest BCUT2D eigenvalue weighted by atomic mass is 9.83. The van der Waals surface area contributed by atoms with Crippen molar-refractivity contribution in [3.63, 3.8) is 0 Å². The number of carbonyl (C=O) groups is 1. The van der Waals surface area contributed by atoms with Crippen LogP contribution < -0.4 is 16.4 Å². The molecule has 3 aliphatic heterocycles. The Morgan fingerprint density at radius 2 is 1.89 bits per heavy atom. The second kappa shape index (κ2) is 7.59. The first-order valence-electron chi connectivity index (χ1n) is 10.1. The van der Waals surface area contributed by atoms with Crippen molar-refractivity contribution in [1.29, 1.82) is 0 Å². The van der Waals surface area contributed by atoms with E-state index in [9.17, 15) is 4.79 Å². The number of carbonyl (C=O) groups excluding carboxylic acids is 1. The lowest BCUT2D eigenvalue weighted by Gasteiger charge is -2.48. The van der Waals surface area contributed by atoms with Crippen molar-refractivity contribution in [1.82, 2.24) is 14.9 Å². The van der Waals surface area contributed by atoms with E-state index in [1.54, 1.807) is 0 Å². The summed E-state index contributed by atoms with van der Waals surface area (Å²) in [7, 11) is 0. The molecule has 1 atom stereocenters. The summed E-state index contributed by atoms with van der Waals surface area (Å²) in [5.41, 5.74) is 12.3. The summed E-state index contributed by atoms with van der Waals surface area (Å²) in [4.78, 5) is 25.8. The Labute approximate surface area is 160 Å². The zero-order valence-electron chi connectivity index (χ0n) is 15.9. The molecule has 8 nitrogen and oxygen atoms in total. The van der Waals surface area contributed by atoms with Crippen LogP contribution in [0.1, 0.15) is 50.1 Å². The van der Waals surface area contributed by atoms with Crippen molar-refractivity contribution in [2.75, 3.05) is 50.0 Å². The van der Waals surface area contributed by atoms with Gasteiger partial charge >= 0.3 is 0 Å². The van der Waals surface area contributed by atoms with E-state index in [1.165, 1.54) is 6.42 Å². The summed E-state index contributed by atoms with van der Waals surface area (Å²) >= 11 is 0. The van der Waals surface area contributed by atoms with Crippen LogP contribution in [0.25, 0.3) is 0 Å². The first-order chi connectivity index (χ1) is 13.1. The predicted molar refractivity (Wildman–Crippen MR) is 103 cm³/mol.